The van der Waals surface area contributed by atoms with Crippen molar-refractivity contribution < 1.29 is 0 Å². The van der Waals surface area contributed by atoms with Gasteiger partial charge in [0.2, 0.25) is 0 Å². The molecule has 4 heteroatoms. The fourth-order valence-corrected chi connectivity index (χ4v) is 3.58. The number of hydrogen-bond donors (Lipinski definition) is 1. The minimum absolute atomic E-state index is 0.483. The molecule has 0 unspecified atom stereocenters. The molecule has 0 amide bonds. The summed E-state index contributed by atoms with van der Waals surface area (Å²) in [6.45, 7) is 6.67. The second-order valence-corrected chi connectivity index (χ2v) is 6.75. The van der Waals surface area contributed by atoms with E-state index in [4.69, 9.17) is 11.6 Å². The van der Waals surface area contributed by atoms with Gasteiger partial charge >= 0.3 is 0 Å². The SMILES string of the molecule is CCCCC[C@H](c1cc(Cl)ccc1Br)N1CCNCC1. The number of halogens is 2. The van der Waals surface area contributed by atoms with Crippen molar-refractivity contribution in [2.45, 2.75) is 38.6 Å². The summed E-state index contributed by atoms with van der Waals surface area (Å²) in [5.74, 6) is 0. The third-order valence-corrected chi connectivity index (χ3v) is 4.95. The molecule has 20 heavy (non-hydrogen) atoms. The first-order valence-corrected chi connectivity index (χ1v) is 8.79. The molecule has 0 aliphatic carbocycles. The highest BCUT2D eigenvalue weighted by molar-refractivity contribution is 9.10. The lowest BCUT2D eigenvalue weighted by Crippen LogP contribution is -2.45. The van der Waals surface area contributed by atoms with Crippen molar-refractivity contribution in [1.29, 1.82) is 0 Å². The van der Waals surface area contributed by atoms with Crippen LogP contribution >= 0.6 is 27.5 Å². The van der Waals surface area contributed by atoms with Crippen LogP contribution in [0.25, 0.3) is 0 Å². The van der Waals surface area contributed by atoms with Gasteiger partial charge in [0.05, 0.1) is 0 Å². The van der Waals surface area contributed by atoms with Gasteiger partial charge in [-0.05, 0) is 30.2 Å². The molecule has 1 atom stereocenters. The topological polar surface area (TPSA) is 15.3 Å². The van der Waals surface area contributed by atoms with Crippen LogP contribution in [0.5, 0.6) is 0 Å². The van der Waals surface area contributed by atoms with Gasteiger partial charge in [0.25, 0.3) is 0 Å². The fraction of sp³-hybridized carbons (Fsp3) is 0.625. The number of nitrogens with zero attached hydrogens (tertiary/aromatic N) is 1. The third-order valence-electron chi connectivity index (χ3n) is 3.99. The number of hydrogen-bond acceptors (Lipinski definition) is 2. The Morgan fingerprint density at radius 2 is 2.05 bits per heavy atom. The summed E-state index contributed by atoms with van der Waals surface area (Å²) in [7, 11) is 0. The predicted octanol–water partition coefficient (Wildman–Crippen LogP) is 4.63. The summed E-state index contributed by atoms with van der Waals surface area (Å²) < 4.78 is 1.18. The molecular weight excluding hydrogens is 336 g/mol. The van der Waals surface area contributed by atoms with Crippen molar-refractivity contribution in [2.75, 3.05) is 26.2 Å². The second-order valence-electron chi connectivity index (χ2n) is 5.46. The maximum Gasteiger partial charge on any atom is 0.0410 e. The van der Waals surface area contributed by atoms with Gasteiger partial charge in [-0.15, -0.1) is 0 Å². The van der Waals surface area contributed by atoms with Gasteiger partial charge < -0.3 is 5.32 Å². The van der Waals surface area contributed by atoms with E-state index in [1.165, 1.54) is 35.7 Å². The standard InChI is InChI=1S/C16H24BrClN2/c1-2-3-4-5-16(20-10-8-19-9-11-20)14-12-13(18)6-7-15(14)17/h6-7,12,16,19H,2-5,8-11H2,1H3/t16-/m1/s1. The summed E-state index contributed by atoms with van der Waals surface area (Å²) in [4.78, 5) is 2.60. The van der Waals surface area contributed by atoms with Crippen molar-refractivity contribution in [2.24, 2.45) is 0 Å². The molecule has 0 radical (unpaired) electrons. The molecule has 1 aliphatic rings. The monoisotopic (exact) mass is 358 g/mol. The summed E-state index contributed by atoms with van der Waals surface area (Å²) >= 11 is 9.92. The zero-order chi connectivity index (χ0) is 14.4. The first kappa shape index (κ1) is 16.3. The van der Waals surface area contributed by atoms with E-state index in [2.05, 4.69) is 45.2 Å². The van der Waals surface area contributed by atoms with E-state index >= 15 is 0 Å². The molecule has 1 aromatic carbocycles. The van der Waals surface area contributed by atoms with Gasteiger partial charge in [0, 0.05) is 41.7 Å². The van der Waals surface area contributed by atoms with E-state index in [9.17, 15) is 0 Å². The predicted molar refractivity (Wildman–Crippen MR) is 90.5 cm³/mol. The van der Waals surface area contributed by atoms with E-state index in [0.29, 0.717) is 6.04 Å². The minimum Gasteiger partial charge on any atom is -0.314 e. The number of rotatable bonds is 6. The molecule has 1 N–H and O–H groups in total. The maximum absolute atomic E-state index is 6.21. The lowest BCUT2D eigenvalue weighted by atomic mass is 9.98. The van der Waals surface area contributed by atoms with E-state index in [1.54, 1.807) is 0 Å². The molecule has 1 aromatic rings. The zero-order valence-corrected chi connectivity index (χ0v) is 14.5. The Morgan fingerprint density at radius 1 is 1.30 bits per heavy atom. The van der Waals surface area contributed by atoms with Crippen LogP contribution in [-0.4, -0.2) is 31.1 Å². The fourth-order valence-electron chi connectivity index (χ4n) is 2.89. The van der Waals surface area contributed by atoms with Crippen molar-refractivity contribution in [1.82, 2.24) is 10.2 Å². The van der Waals surface area contributed by atoms with Crippen molar-refractivity contribution in [3.63, 3.8) is 0 Å². The van der Waals surface area contributed by atoms with Crippen LogP contribution in [-0.2, 0) is 0 Å². The quantitative estimate of drug-likeness (QED) is 0.745. The lowest BCUT2D eigenvalue weighted by molar-refractivity contribution is 0.162. The molecule has 2 rings (SSSR count). The molecule has 1 fully saturated rings. The van der Waals surface area contributed by atoms with Crippen LogP contribution in [0.3, 0.4) is 0 Å². The van der Waals surface area contributed by atoms with Crippen molar-refractivity contribution >= 4 is 27.5 Å². The first-order valence-electron chi connectivity index (χ1n) is 7.62. The van der Waals surface area contributed by atoms with Crippen LogP contribution in [0.15, 0.2) is 22.7 Å². The molecule has 112 valence electrons. The highest BCUT2D eigenvalue weighted by atomic mass is 79.9. The number of piperazine rings is 1. The Kier molecular flexibility index (Phi) is 6.82. The van der Waals surface area contributed by atoms with Gasteiger partial charge in [0.15, 0.2) is 0 Å². The first-order chi connectivity index (χ1) is 9.72. The van der Waals surface area contributed by atoms with E-state index < -0.39 is 0 Å². The van der Waals surface area contributed by atoms with Crippen LogP contribution < -0.4 is 5.32 Å². The molecule has 0 saturated carbocycles. The summed E-state index contributed by atoms with van der Waals surface area (Å²) in [5.41, 5.74) is 1.34. The average Bonchev–Trinajstić information content (AvgIpc) is 2.48. The van der Waals surface area contributed by atoms with Crippen LogP contribution in [0.2, 0.25) is 5.02 Å². The molecular formula is C16H24BrClN2. The summed E-state index contributed by atoms with van der Waals surface area (Å²) in [5, 5.41) is 4.27. The number of benzene rings is 1. The normalized spacial score (nSPS) is 18.1. The third kappa shape index (κ3) is 4.45. The Hall–Kier alpha value is -0.0900. The Morgan fingerprint density at radius 3 is 2.75 bits per heavy atom. The Labute approximate surface area is 136 Å². The van der Waals surface area contributed by atoms with Gasteiger partial charge in [-0.25, -0.2) is 0 Å². The molecule has 1 heterocycles. The molecule has 0 spiro atoms. The van der Waals surface area contributed by atoms with E-state index in [-0.39, 0.29) is 0 Å². The zero-order valence-electron chi connectivity index (χ0n) is 12.2. The van der Waals surface area contributed by atoms with Crippen LogP contribution in [0.4, 0.5) is 0 Å². The van der Waals surface area contributed by atoms with Gasteiger partial charge in [-0.3, -0.25) is 4.90 Å². The van der Waals surface area contributed by atoms with Crippen molar-refractivity contribution in [3.8, 4) is 0 Å². The maximum atomic E-state index is 6.21. The molecule has 1 aliphatic heterocycles. The molecule has 0 bridgehead atoms. The second kappa shape index (κ2) is 8.38. The van der Waals surface area contributed by atoms with E-state index in [1.807, 2.05) is 6.07 Å². The molecule has 1 saturated heterocycles. The Balaban J connectivity index is 2.17. The summed E-state index contributed by atoms with van der Waals surface area (Å²) in [6, 6.07) is 6.64. The summed E-state index contributed by atoms with van der Waals surface area (Å²) in [6.07, 6.45) is 5.07. The van der Waals surface area contributed by atoms with Gasteiger partial charge in [-0.2, -0.15) is 0 Å². The van der Waals surface area contributed by atoms with Gasteiger partial charge in [-0.1, -0.05) is 53.7 Å². The number of nitrogens with one attached hydrogen (secondary N) is 1. The smallest absolute Gasteiger partial charge is 0.0410 e. The Bertz CT molecular complexity index is 419. The minimum atomic E-state index is 0.483. The largest absolute Gasteiger partial charge is 0.314 e. The van der Waals surface area contributed by atoms with Crippen LogP contribution in [0, 0.1) is 0 Å². The highest BCUT2D eigenvalue weighted by Gasteiger charge is 2.23. The van der Waals surface area contributed by atoms with E-state index in [0.717, 1.165) is 31.2 Å². The lowest BCUT2D eigenvalue weighted by Gasteiger charge is -2.36. The highest BCUT2D eigenvalue weighted by Crippen LogP contribution is 2.34. The molecule has 2 nitrogen and oxygen atoms in total. The van der Waals surface area contributed by atoms with Crippen LogP contribution in [0.1, 0.15) is 44.2 Å². The number of unbranched alkanes of at least 4 members (excludes halogenated alkanes) is 2. The van der Waals surface area contributed by atoms with Gasteiger partial charge in [0.1, 0.15) is 0 Å². The average molecular weight is 360 g/mol. The molecule has 0 aromatic heterocycles. The van der Waals surface area contributed by atoms with Crippen molar-refractivity contribution in [3.05, 3.63) is 33.3 Å².